The molecule has 0 saturated carbocycles. The van der Waals surface area contributed by atoms with Gasteiger partial charge in [-0.2, -0.15) is 0 Å². The maximum absolute atomic E-state index is 12.2. The third-order valence-electron chi connectivity index (χ3n) is 3.95. The van der Waals surface area contributed by atoms with Gasteiger partial charge in [0, 0.05) is 11.6 Å². The van der Waals surface area contributed by atoms with E-state index in [0.717, 1.165) is 18.7 Å². The van der Waals surface area contributed by atoms with Crippen LogP contribution in [0.1, 0.15) is 12.8 Å². The molecule has 0 aliphatic carbocycles. The molecule has 1 aliphatic heterocycles. The molecule has 1 aromatic heterocycles. The maximum Gasteiger partial charge on any atom is 0.253 e. The molecule has 5 heteroatoms. The van der Waals surface area contributed by atoms with Crippen LogP contribution < -0.4 is 10.9 Å². The van der Waals surface area contributed by atoms with E-state index in [2.05, 4.69) is 10.3 Å². The van der Waals surface area contributed by atoms with Gasteiger partial charge in [0.05, 0.1) is 24.2 Å². The zero-order valence-electron chi connectivity index (χ0n) is 11.8. The Kier molecular flexibility index (Phi) is 3.86. The van der Waals surface area contributed by atoms with E-state index in [4.69, 9.17) is 0 Å². The Morgan fingerprint density at radius 2 is 1.95 bits per heavy atom. The van der Waals surface area contributed by atoms with Crippen molar-refractivity contribution in [1.29, 1.82) is 0 Å². The van der Waals surface area contributed by atoms with Crippen LogP contribution in [0.5, 0.6) is 0 Å². The topological polar surface area (TPSA) is 67.2 Å². The van der Waals surface area contributed by atoms with Crippen LogP contribution in [0.3, 0.4) is 0 Å². The zero-order chi connectivity index (χ0) is 14.7. The lowest BCUT2D eigenvalue weighted by Gasteiger charge is -2.32. The largest absolute Gasteiger partial charge is 0.388 e. The Morgan fingerprint density at radius 1 is 1.24 bits per heavy atom. The smallest absolute Gasteiger partial charge is 0.253 e. The van der Waals surface area contributed by atoms with Crippen molar-refractivity contribution >= 4 is 0 Å². The van der Waals surface area contributed by atoms with Crippen molar-refractivity contribution in [3.8, 4) is 11.3 Å². The molecule has 3 rings (SSSR count). The van der Waals surface area contributed by atoms with E-state index in [1.54, 1.807) is 0 Å². The summed E-state index contributed by atoms with van der Waals surface area (Å²) in [6.07, 6.45) is 2.84. The van der Waals surface area contributed by atoms with Crippen molar-refractivity contribution in [2.45, 2.75) is 25.0 Å². The molecule has 0 bridgehead atoms. The quantitative estimate of drug-likeness (QED) is 0.884. The molecule has 21 heavy (non-hydrogen) atoms. The van der Waals surface area contributed by atoms with Gasteiger partial charge < -0.3 is 10.4 Å². The van der Waals surface area contributed by atoms with E-state index >= 15 is 0 Å². The second kappa shape index (κ2) is 5.79. The number of nitrogens with one attached hydrogen (secondary N) is 1. The van der Waals surface area contributed by atoms with Gasteiger partial charge in [-0.3, -0.25) is 9.36 Å². The van der Waals surface area contributed by atoms with E-state index in [9.17, 15) is 9.90 Å². The second-order valence-electron chi connectivity index (χ2n) is 5.58. The van der Waals surface area contributed by atoms with E-state index < -0.39 is 5.60 Å². The summed E-state index contributed by atoms with van der Waals surface area (Å²) < 4.78 is 1.50. The molecule has 1 aromatic carbocycles. The van der Waals surface area contributed by atoms with Gasteiger partial charge in [-0.25, -0.2) is 4.98 Å². The third-order valence-corrected chi connectivity index (χ3v) is 3.95. The molecule has 0 radical (unpaired) electrons. The highest BCUT2D eigenvalue weighted by Crippen LogP contribution is 2.20. The molecule has 0 atom stereocenters. The van der Waals surface area contributed by atoms with Gasteiger partial charge in [-0.1, -0.05) is 30.3 Å². The summed E-state index contributed by atoms with van der Waals surface area (Å²) in [4.78, 5) is 16.6. The summed E-state index contributed by atoms with van der Waals surface area (Å²) in [6, 6.07) is 11.1. The van der Waals surface area contributed by atoms with Gasteiger partial charge in [0.25, 0.3) is 5.56 Å². The SMILES string of the molecule is O=c1cc(-c2ccccc2)ncn1CC1(O)CCNCC1. The lowest BCUT2D eigenvalue weighted by atomic mass is 9.92. The van der Waals surface area contributed by atoms with Crippen LogP contribution in [0.15, 0.2) is 47.5 Å². The predicted molar refractivity (Wildman–Crippen MR) is 81.0 cm³/mol. The Labute approximate surface area is 123 Å². The number of hydrogen-bond donors (Lipinski definition) is 2. The van der Waals surface area contributed by atoms with Crippen LogP contribution in [-0.4, -0.2) is 33.3 Å². The normalized spacial score (nSPS) is 17.6. The van der Waals surface area contributed by atoms with Gasteiger partial charge in [0.15, 0.2) is 0 Å². The van der Waals surface area contributed by atoms with Crippen LogP contribution in [-0.2, 0) is 6.54 Å². The van der Waals surface area contributed by atoms with Crippen LogP contribution in [0.2, 0.25) is 0 Å². The molecule has 1 aliphatic rings. The van der Waals surface area contributed by atoms with Gasteiger partial charge >= 0.3 is 0 Å². The predicted octanol–water partition coefficient (Wildman–Crippen LogP) is 1.02. The van der Waals surface area contributed by atoms with Gasteiger partial charge in [-0.15, -0.1) is 0 Å². The van der Waals surface area contributed by atoms with Crippen LogP contribution in [0.25, 0.3) is 11.3 Å². The fourth-order valence-corrected chi connectivity index (χ4v) is 2.68. The summed E-state index contributed by atoms with van der Waals surface area (Å²) in [5.41, 5.74) is 0.637. The minimum Gasteiger partial charge on any atom is -0.388 e. The number of benzene rings is 1. The van der Waals surface area contributed by atoms with Crippen molar-refractivity contribution in [1.82, 2.24) is 14.9 Å². The monoisotopic (exact) mass is 285 g/mol. The first kappa shape index (κ1) is 14.0. The maximum atomic E-state index is 12.2. The Balaban J connectivity index is 1.83. The van der Waals surface area contributed by atoms with Gasteiger partial charge in [-0.05, 0) is 25.9 Å². The molecule has 2 N–H and O–H groups in total. The average Bonchev–Trinajstić information content (AvgIpc) is 2.51. The second-order valence-corrected chi connectivity index (χ2v) is 5.58. The number of nitrogens with zero attached hydrogens (tertiary/aromatic N) is 2. The van der Waals surface area contributed by atoms with Crippen molar-refractivity contribution < 1.29 is 5.11 Å². The lowest BCUT2D eigenvalue weighted by Crippen LogP contribution is -2.46. The molecule has 5 nitrogen and oxygen atoms in total. The summed E-state index contributed by atoms with van der Waals surface area (Å²) >= 11 is 0. The molecule has 0 spiro atoms. The Bertz CT molecular complexity index is 661. The van der Waals surface area contributed by atoms with Crippen LogP contribution in [0.4, 0.5) is 0 Å². The molecule has 1 fully saturated rings. The fraction of sp³-hybridized carbons (Fsp3) is 0.375. The fourth-order valence-electron chi connectivity index (χ4n) is 2.68. The average molecular weight is 285 g/mol. The molecule has 0 unspecified atom stereocenters. The molecule has 2 aromatic rings. The summed E-state index contributed by atoms with van der Waals surface area (Å²) in [5.74, 6) is 0. The van der Waals surface area contributed by atoms with Crippen LogP contribution >= 0.6 is 0 Å². The number of aliphatic hydroxyl groups is 1. The molecule has 2 heterocycles. The Morgan fingerprint density at radius 3 is 2.62 bits per heavy atom. The molecule has 0 amide bonds. The number of hydrogen-bond acceptors (Lipinski definition) is 4. The van der Waals surface area contributed by atoms with Gasteiger partial charge in [0.1, 0.15) is 0 Å². The third kappa shape index (κ3) is 3.20. The minimum absolute atomic E-state index is 0.129. The molecule has 110 valence electrons. The highest BCUT2D eigenvalue weighted by molar-refractivity contribution is 5.57. The standard InChI is InChI=1S/C16H19N3O2/c20-15-10-14(13-4-2-1-3-5-13)18-12-19(15)11-16(21)6-8-17-9-7-16/h1-5,10,12,17,21H,6-9,11H2. The number of aromatic nitrogens is 2. The highest BCUT2D eigenvalue weighted by Gasteiger charge is 2.29. The van der Waals surface area contributed by atoms with E-state index in [1.807, 2.05) is 30.3 Å². The van der Waals surface area contributed by atoms with E-state index in [-0.39, 0.29) is 5.56 Å². The van der Waals surface area contributed by atoms with E-state index in [1.165, 1.54) is 17.0 Å². The molecular weight excluding hydrogens is 266 g/mol. The minimum atomic E-state index is -0.814. The number of rotatable bonds is 3. The summed E-state index contributed by atoms with van der Waals surface area (Å²) in [6.45, 7) is 1.86. The Hall–Kier alpha value is -1.98. The van der Waals surface area contributed by atoms with Crippen molar-refractivity contribution in [3.05, 3.63) is 53.1 Å². The first-order valence-electron chi connectivity index (χ1n) is 7.21. The summed E-state index contributed by atoms with van der Waals surface area (Å²) in [5, 5.41) is 13.7. The zero-order valence-corrected chi connectivity index (χ0v) is 11.8. The molecular formula is C16H19N3O2. The first-order valence-corrected chi connectivity index (χ1v) is 7.21. The summed E-state index contributed by atoms with van der Waals surface area (Å²) in [7, 11) is 0. The lowest BCUT2D eigenvalue weighted by molar-refractivity contribution is -0.00640. The van der Waals surface area contributed by atoms with Gasteiger partial charge in [0.2, 0.25) is 0 Å². The first-order chi connectivity index (χ1) is 10.2. The van der Waals surface area contributed by atoms with Crippen molar-refractivity contribution in [2.24, 2.45) is 0 Å². The highest BCUT2D eigenvalue weighted by atomic mass is 16.3. The molecule has 1 saturated heterocycles. The van der Waals surface area contributed by atoms with Crippen molar-refractivity contribution in [3.63, 3.8) is 0 Å². The number of piperidine rings is 1. The van der Waals surface area contributed by atoms with E-state index in [0.29, 0.717) is 25.1 Å². The van der Waals surface area contributed by atoms with Crippen LogP contribution in [0, 0.1) is 0 Å². The van der Waals surface area contributed by atoms with Crippen molar-refractivity contribution in [2.75, 3.05) is 13.1 Å².